The first-order valence-electron chi connectivity index (χ1n) is 8.71. The highest BCUT2D eigenvalue weighted by atomic mass is 32.2. The molecule has 0 aliphatic rings. The summed E-state index contributed by atoms with van der Waals surface area (Å²) in [6.07, 6.45) is 0. The molecule has 9 heteroatoms. The minimum absolute atomic E-state index is 0.0666. The minimum atomic E-state index is -4.02. The van der Waals surface area contributed by atoms with E-state index in [0.29, 0.717) is 12.2 Å². The first-order valence-corrected chi connectivity index (χ1v) is 11.7. The molecule has 0 fully saturated rings. The van der Waals surface area contributed by atoms with Gasteiger partial charge in [-0.25, -0.2) is 13.1 Å². The highest BCUT2D eigenvalue weighted by molar-refractivity contribution is 7.90. The van der Waals surface area contributed by atoms with E-state index in [1.807, 2.05) is 38.1 Å². The van der Waals surface area contributed by atoms with Crippen LogP contribution in [0.25, 0.3) is 0 Å². The third-order valence-electron chi connectivity index (χ3n) is 4.04. The summed E-state index contributed by atoms with van der Waals surface area (Å²) >= 11 is 0. The van der Waals surface area contributed by atoms with Gasteiger partial charge in [0.2, 0.25) is 10.0 Å². The lowest BCUT2D eigenvalue weighted by atomic mass is 10.0. The van der Waals surface area contributed by atoms with Crippen LogP contribution in [0.3, 0.4) is 0 Å². The number of nitrogen functional groups attached to an aromatic ring is 1. The van der Waals surface area contributed by atoms with Crippen LogP contribution in [0.1, 0.15) is 37.8 Å². The SMILES string of the molecule is CC(CNS(=O)(=O)C(C)C)c1ccc(N)cc1.Cc1ccc(S(=O)(=O)O)cc1. The molecule has 2 aromatic rings. The van der Waals surface area contributed by atoms with Crippen LogP contribution in [0, 0.1) is 6.92 Å². The van der Waals surface area contributed by atoms with E-state index in [9.17, 15) is 16.8 Å². The number of benzene rings is 2. The second kappa shape index (κ2) is 10.0. The summed E-state index contributed by atoms with van der Waals surface area (Å²) in [5, 5.41) is -0.402. The first-order chi connectivity index (χ1) is 12.8. The van der Waals surface area contributed by atoms with Gasteiger partial charge in [-0.05, 0) is 56.5 Å². The fraction of sp³-hybridized carbons (Fsp3) is 0.368. The van der Waals surface area contributed by atoms with Gasteiger partial charge < -0.3 is 5.73 Å². The van der Waals surface area contributed by atoms with Crippen molar-refractivity contribution in [3.05, 3.63) is 59.7 Å². The highest BCUT2D eigenvalue weighted by Crippen LogP contribution is 2.16. The van der Waals surface area contributed by atoms with Gasteiger partial charge in [0.05, 0.1) is 10.1 Å². The Labute approximate surface area is 167 Å². The number of hydrogen-bond acceptors (Lipinski definition) is 5. The number of nitrogens with two attached hydrogens (primary N) is 1. The molecule has 0 amide bonds. The molecule has 1 atom stereocenters. The Kier molecular flexibility index (Phi) is 8.62. The maximum absolute atomic E-state index is 11.6. The Hall–Kier alpha value is -1.94. The number of nitrogens with one attached hydrogen (secondary N) is 1. The van der Waals surface area contributed by atoms with Crippen molar-refractivity contribution >= 4 is 25.8 Å². The summed E-state index contributed by atoms with van der Waals surface area (Å²) in [6, 6.07) is 13.5. The van der Waals surface area contributed by atoms with Crippen LogP contribution < -0.4 is 10.5 Å². The zero-order valence-electron chi connectivity index (χ0n) is 16.5. The lowest BCUT2D eigenvalue weighted by Gasteiger charge is -2.15. The minimum Gasteiger partial charge on any atom is -0.399 e. The van der Waals surface area contributed by atoms with Crippen LogP contribution in [0.2, 0.25) is 0 Å². The van der Waals surface area contributed by atoms with Crippen molar-refractivity contribution < 1.29 is 21.4 Å². The highest BCUT2D eigenvalue weighted by Gasteiger charge is 2.16. The molecule has 0 radical (unpaired) electrons. The Morgan fingerprint density at radius 2 is 1.43 bits per heavy atom. The lowest BCUT2D eigenvalue weighted by molar-refractivity contribution is 0.483. The number of hydrogen-bond donors (Lipinski definition) is 3. The average molecular weight is 429 g/mol. The molecule has 2 rings (SSSR count). The van der Waals surface area contributed by atoms with Crippen LogP contribution in [0.4, 0.5) is 5.69 Å². The van der Waals surface area contributed by atoms with Gasteiger partial charge in [-0.1, -0.05) is 36.8 Å². The molecule has 0 spiro atoms. The molecule has 0 aliphatic heterocycles. The third-order valence-corrected chi connectivity index (χ3v) is 6.71. The van der Waals surface area contributed by atoms with E-state index in [1.54, 1.807) is 26.0 Å². The van der Waals surface area contributed by atoms with Crippen LogP contribution in [-0.4, -0.2) is 33.2 Å². The van der Waals surface area contributed by atoms with Gasteiger partial charge in [-0.2, -0.15) is 8.42 Å². The lowest BCUT2D eigenvalue weighted by Crippen LogP contribution is -2.33. The predicted octanol–water partition coefficient (Wildman–Crippen LogP) is 2.94. The van der Waals surface area contributed by atoms with E-state index in [2.05, 4.69) is 4.72 Å². The quantitative estimate of drug-likeness (QED) is 0.480. The maximum Gasteiger partial charge on any atom is 0.294 e. The summed E-state index contributed by atoms with van der Waals surface area (Å²) in [5.74, 6) is 0.129. The number of aryl methyl sites for hydroxylation is 1. The Morgan fingerprint density at radius 3 is 1.86 bits per heavy atom. The van der Waals surface area contributed by atoms with Crippen molar-refractivity contribution in [1.82, 2.24) is 4.72 Å². The van der Waals surface area contributed by atoms with Gasteiger partial charge in [0.25, 0.3) is 10.1 Å². The van der Waals surface area contributed by atoms with E-state index in [1.165, 1.54) is 12.1 Å². The predicted molar refractivity (Wildman–Crippen MR) is 112 cm³/mol. The largest absolute Gasteiger partial charge is 0.399 e. The molecule has 2 aromatic carbocycles. The van der Waals surface area contributed by atoms with Gasteiger partial charge in [0.15, 0.2) is 0 Å². The molecule has 0 aromatic heterocycles. The summed E-state index contributed by atoms with van der Waals surface area (Å²) in [5.41, 5.74) is 8.34. The summed E-state index contributed by atoms with van der Waals surface area (Å²) in [4.78, 5) is -0.0666. The van der Waals surface area contributed by atoms with E-state index in [0.717, 1.165) is 11.1 Å². The molecule has 0 saturated carbocycles. The number of sulfonamides is 1. The molecule has 0 heterocycles. The van der Waals surface area contributed by atoms with E-state index >= 15 is 0 Å². The van der Waals surface area contributed by atoms with Crippen LogP contribution in [-0.2, 0) is 20.1 Å². The molecule has 0 bridgehead atoms. The van der Waals surface area contributed by atoms with Crippen LogP contribution in [0.5, 0.6) is 0 Å². The average Bonchev–Trinajstić information content (AvgIpc) is 2.60. The molecule has 0 saturated heterocycles. The standard InChI is InChI=1S/C12H20N2O2S.C7H8O3S/c1-9(2)17(15,16)14-8-10(3)11-4-6-12(13)7-5-11;1-6-2-4-7(5-3-6)11(8,9)10/h4-7,9-10,14H,8,13H2,1-3H3;2-5H,1H3,(H,8,9,10). The van der Waals surface area contributed by atoms with Crippen molar-refractivity contribution in [3.63, 3.8) is 0 Å². The Morgan fingerprint density at radius 1 is 0.929 bits per heavy atom. The Balaban J connectivity index is 0.000000307. The molecule has 4 N–H and O–H groups in total. The van der Waals surface area contributed by atoms with E-state index < -0.39 is 25.4 Å². The first kappa shape index (κ1) is 24.1. The molecule has 156 valence electrons. The maximum atomic E-state index is 11.6. The molecule has 7 nitrogen and oxygen atoms in total. The second-order valence-electron chi connectivity index (χ2n) is 6.80. The van der Waals surface area contributed by atoms with Gasteiger partial charge in [0.1, 0.15) is 0 Å². The molecular weight excluding hydrogens is 400 g/mol. The normalized spacial score (nSPS) is 12.9. The smallest absolute Gasteiger partial charge is 0.294 e. The molecular formula is C19H28N2O5S2. The zero-order chi connectivity index (χ0) is 21.5. The number of rotatable bonds is 6. The van der Waals surface area contributed by atoms with E-state index in [-0.39, 0.29) is 10.8 Å². The van der Waals surface area contributed by atoms with Crippen molar-refractivity contribution in [2.24, 2.45) is 0 Å². The molecule has 0 aliphatic carbocycles. The monoisotopic (exact) mass is 428 g/mol. The topological polar surface area (TPSA) is 127 Å². The van der Waals surface area contributed by atoms with Gasteiger partial charge in [0, 0.05) is 12.2 Å². The van der Waals surface area contributed by atoms with Crippen molar-refractivity contribution in [2.75, 3.05) is 12.3 Å². The summed E-state index contributed by atoms with van der Waals surface area (Å²) in [7, 11) is -7.20. The van der Waals surface area contributed by atoms with Gasteiger partial charge >= 0.3 is 0 Å². The zero-order valence-corrected chi connectivity index (χ0v) is 18.1. The van der Waals surface area contributed by atoms with Gasteiger partial charge in [-0.15, -0.1) is 0 Å². The van der Waals surface area contributed by atoms with Crippen molar-refractivity contribution in [2.45, 2.75) is 43.8 Å². The Bertz CT molecular complexity index is 952. The van der Waals surface area contributed by atoms with E-state index in [4.69, 9.17) is 10.3 Å². The second-order valence-corrected chi connectivity index (χ2v) is 10.5. The molecule has 1 unspecified atom stereocenters. The fourth-order valence-corrected chi connectivity index (χ4v) is 3.36. The number of anilines is 1. The van der Waals surface area contributed by atoms with Crippen LogP contribution in [0.15, 0.2) is 53.4 Å². The van der Waals surface area contributed by atoms with Crippen molar-refractivity contribution in [3.8, 4) is 0 Å². The van der Waals surface area contributed by atoms with Crippen LogP contribution >= 0.6 is 0 Å². The molecule has 28 heavy (non-hydrogen) atoms. The fourth-order valence-electron chi connectivity index (χ4n) is 2.06. The third kappa shape index (κ3) is 7.97. The summed E-state index contributed by atoms with van der Waals surface area (Å²) in [6.45, 7) is 7.55. The van der Waals surface area contributed by atoms with Crippen molar-refractivity contribution in [1.29, 1.82) is 0 Å². The van der Waals surface area contributed by atoms with Gasteiger partial charge in [-0.3, -0.25) is 4.55 Å². The summed E-state index contributed by atoms with van der Waals surface area (Å²) < 4.78 is 55.3.